The number of hydrogen-bond donors (Lipinski definition) is 1. The van der Waals surface area contributed by atoms with E-state index in [4.69, 9.17) is 11.6 Å². The molecule has 1 heterocycles. The van der Waals surface area contributed by atoms with Crippen molar-refractivity contribution in [3.63, 3.8) is 0 Å². The maximum atomic E-state index is 12.3. The number of piperidine rings is 1. The average Bonchev–Trinajstić information content (AvgIpc) is 2.64. The smallest absolute Gasteiger partial charge is 0.251 e. The minimum absolute atomic E-state index is 0.0166. The van der Waals surface area contributed by atoms with E-state index in [-0.39, 0.29) is 5.91 Å². The molecule has 0 aromatic heterocycles. The van der Waals surface area contributed by atoms with Gasteiger partial charge in [-0.2, -0.15) is 0 Å². The molecule has 1 saturated heterocycles. The van der Waals surface area contributed by atoms with Crippen LogP contribution in [-0.2, 0) is 13.0 Å². The number of likely N-dealkylation sites (tertiary alicyclic amines) is 1. The molecular formula is C22H27ClN2O. The van der Waals surface area contributed by atoms with Crippen molar-refractivity contribution in [3.05, 3.63) is 70.2 Å². The van der Waals surface area contributed by atoms with E-state index in [1.54, 1.807) is 0 Å². The Morgan fingerprint density at radius 2 is 1.81 bits per heavy atom. The van der Waals surface area contributed by atoms with Crippen molar-refractivity contribution >= 4 is 17.5 Å². The summed E-state index contributed by atoms with van der Waals surface area (Å²) in [6.07, 6.45) is 3.43. The molecule has 0 spiro atoms. The Morgan fingerprint density at radius 3 is 2.50 bits per heavy atom. The molecule has 26 heavy (non-hydrogen) atoms. The fourth-order valence-electron chi connectivity index (χ4n) is 3.52. The lowest BCUT2D eigenvalue weighted by molar-refractivity contribution is 0.0954. The molecule has 1 aliphatic rings. The topological polar surface area (TPSA) is 32.3 Å². The molecule has 0 unspecified atom stereocenters. The Kier molecular flexibility index (Phi) is 6.70. The lowest BCUT2D eigenvalue weighted by atomic mass is 9.99. The minimum atomic E-state index is -0.0166. The molecule has 1 aliphatic heterocycles. The van der Waals surface area contributed by atoms with Gasteiger partial charge in [0.2, 0.25) is 0 Å². The summed E-state index contributed by atoms with van der Waals surface area (Å²) in [5, 5.41) is 3.72. The summed E-state index contributed by atoms with van der Waals surface area (Å²) in [7, 11) is 0. The average molecular weight is 371 g/mol. The standard InChI is InChI=1S/C22H27ClN2O/c1-17-3-2-14-25(15-17)16-19-4-8-20(9-5-19)22(26)24-13-12-18-6-10-21(23)11-7-18/h4-11,17H,2-3,12-16H2,1H3,(H,24,26)/t17-/m0/s1. The van der Waals surface area contributed by atoms with E-state index in [1.165, 1.54) is 37.1 Å². The quantitative estimate of drug-likeness (QED) is 0.809. The predicted octanol–water partition coefficient (Wildman–Crippen LogP) is 4.54. The number of benzene rings is 2. The highest BCUT2D eigenvalue weighted by Crippen LogP contribution is 2.18. The van der Waals surface area contributed by atoms with Gasteiger partial charge in [-0.15, -0.1) is 0 Å². The van der Waals surface area contributed by atoms with Crippen LogP contribution in [0.1, 0.15) is 41.3 Å². The number of nitrogens with zero attached hydrogens (tertiary/aromatic N) is 1. The van der Waals surface area contributed by atoms with Crippen LogP contribution in [0.2, 0.25) is 5.02 Å². The molecule has 2 aromatic carbocycles. The monoisotopic (exact) mass is 370 g/mol. The third kappa shape index (κ3) is 5.58. The fourth-order valence-corrected chi connectivity index (χ4v) is 3.65. The lowest BCUT2D eigenvalue weighted by Gasteiger charge is -2.30. The summed E-state index contributed by atoms with van der Waals surface area (Å²) in [5.74, 6) is 0.770. The number of nitrogens with one attached hydrogen (secondary N) is 1. The summed E-state index contributed by atoms with van der Waals surface area (Å²) in [6, 6.07) is 15.7. The van der Waals surface area contributed by atoms with Crippen LogP contribution >= 0.6 is 11.6 Å². The van der Waals surface area contributed by atoms with Gasteiger partial charge < -0.3 is 5.32 Å². The number of carbonyl (C=O) groups excluding carboxylic acids is 1. The molecule has 0 saturated carbocycles. The summed E-state index contributed by atoms with van der Waals surface area (Å²) in [4.78, 5) is 14.8. The second kappa shape index (κ2) is 9.20. The van der Waals surface area contributed by atoms with Crippen molar-refractivity contribution in [2.45, 2.75) is 32.7 Å². The number of amides is 1. The fraction of sp³-hybridized carbons (Fsp3) is 0.409. The van der Waals surface area contributed by atoms with Gasteiger partial charge in [0.05, 0.1) is 0 Å². The van der Waals surface area contributed by atoms with Crippen LogP contribution in [0.25, 0.3) is 0 Å². The maximum Gasteiger partial charge on any atom is 0.251 e. The van der Waals surface area contributed by atoms with Gasteiger partial charge in [-0.05, 0) is 67.1 Å². The first-order valence-corrected chi connectivity index (χ1v) is 9.82. The van der Waals surface area contributed by atoms with Gasteiger partial charge in [0.15, 0.2) is 0 Å². The van der Waals surface area contributed by atoms with Crippen LogP contribution in [0.5, 0.6) is 0 Å². The first-order valence-electron chi connectivity index (χ1n) is 9.44. The molecule has 1 amide bonds. The lowest BCUT2D eigenvalue weighted by Crippen LogP contribution is -2.33. The minimum Gasteiger partial charge on any atom is -0.352 e. The SMILES string of the molecule is C[C@H]1CCCN(Cc2ccc(C(=O)NCCc3ccc(Cl)cc3)cc2)C1. The van der Waals surface area contributed by atoms with Gasteiger partial charge in [-0.3, -0.25) is 9.69 Å². The highest BCUT2D eigenvalue weighted by molar-refractivity contribution is 6.30. The second-order valence-electron chi connectivity index (χ2n) is 7.31. The molecular weight excluding hydrogens is 344 g/mol. The Hall–Kier alpha value is -1.84. The van der Waals surface area contributed by atoms with Gasteiger partial charge in [-0.1, -0.05) is 42.8 Å². The number of hydrogen-bond acceptors (Lipinski definition) is 2. The van der Waals surface area contributed by atoms with Crippen molar-refractivity contribution in [1.82, 2.24) is 10.2 Å². The summed E-state index contributed by atoms with van der Waals surface area (Å²) in [6.45, 7) is 6.27. The maximum absolute atomic E-state index is 12.3. The zero-order valence-electron chi connectivity index (χ0n) is 15.4. The van der Waals surface area contributed by atoms with Crippen LogP contribution < -0.4 is 5.32 Å². The molecule has 1 fully saturated rings. The molecule has 1 N–H and O–H groups in total. The van der Waals surface area contributed by atoms with E-state index in [9.17, 15) is 4.79 Å². The zero-order chi connectivity index (χ0) is 18.4. The summed E-state index contributed by atoms with van der Waals surface area (Å²) >= 11 is 5.88. The molecule has 2 aromatic rings. The predicted molar refractivity (Wildman–Crippen MR) is 108 cm³/mol. The Balaban J connectivity index is 1.46. The van der Waals surface area contributed by atoms with Crippen molar-refractivity contribution < 1.29 is 4.79 Å². The van der Waals surface area contributed by atoms with Crippen molar-refractivity contribution in [2.24, 2.45) is 5.92 Å². The van der Waals surface area contributed by atoms with Crippen molar-refractivity contribution in [2.75, 3.05) is 19.6 Å². The Morgan fingerprint density at radius 1 is 1.12 bits per heavy atom. The first kappa shape index (κ1) is 18.9. The Labute approximate surface area is 161 Å². The number of carbonyl (C=O) groups is 1. The highest BCUT2D eigenvalue weighted by atomic mass is 35.5. The van der Waals surface area contributed by atoms with Crippen LogP contribution in [0, 0.1) is 5.92 Å². The highest BCUT2D eigenvalue weighted by Gasteiger charge is 2.16. The van der Waals surface area contributed by atoms with Gasteiger partial charge in [0.25, 0.3) is 5.91 Å². The largest absolute Gasteiger partial charge is 0.352 e. The third-order valence-corrected chi connectivity index (χ3v) is 5.23. The van der Waals surface area contributed by atoms with E-state index >= 15 is 0 Å². The molecule has 0 aliphatic carbocycles. The van der Waals surface area contributed by atoms with E-state index in [1.807, 2.05) is 36.4 Å². The third-order valence-electron chi connectivity index (χ3n) is 4.98. The number of rotatable bonds is 6. The zero-order valence-corrected chi connectivity index (χ0v) is 16.1. The van der Waals surface area contributed by atoms with Gasteiger partial charge in [-0.25, -0.2) is 0 Å². The van der Waals surface area contributed by atoms with Gasteiger partial charge in [0, 0.05) is 30.2 Å². The molecule has 4 heteroatoms. The normalized spacial score (nSPS) is 17.8. The summed E-state index contributed by atoms with van der Waals surface area (Å²) in [5.41, 5.74) is 3.16. The first-order chi connectivity index (χ1) is 12.6. The van der Waals surface area contributed by atoms with Crippen LogP contribution in [-0.4, -0.2) is 30.4 Å². The van der Waals surface area contributed by atoms with Crippen LogP contribution in [0.15, 0.2) is 48.5 Å². The van der Waals surface area contributed by atoms with Crippen molar-refractivity contribution in [1.29, 1.82) is 0 Å². The van der Waals surface area contributed by atoms with E-state index in [0.29, 0.717) is 6.54 Å². The van der Waals surface area contributed by atoms with Crippen LogP contribution in [0.4, 0.5) is 0 Å². The molecule has 3 rings (SSSR count). The van der Waals surface area contributed by atoms with Crippen molar-refractivity contribution in [3.8, 4) is 0 Å². The van der Waals surface area contributed by atoms with Gasteiger partial charge >= 0.3 is 0 Å². The molecule has 0 radical (unpaired) electrons. The summed E-state index contributed by atoms with van der Waals surface area (Å²) < 4.78 is 0. The molecule has 0 bridgehead atoms. The van der Waals surface area contributed by atoms with E-state index < -0.39 is 0 Å². The molecule has 1 atom stereocenters. The van der Waals surface area contributed by atoms with Crippen LogP contribution in [0.3, 0.4) is 0 Å². The molecule has 3 nitrogen and oxygen atoms in total. The second-order valence-corrected chi connectivity index (χ2v) is 7.75. The van der Waals surface area contributed by atoms with E-state index in [0.717, 1.165) is 29.5 Å². The van der Waals surface area contributed by atoms with Gasteiger partial charge in [0.1, 0.15) is 0 Å². The number of halogens is 1. The molecule has 138 valence electrons. The Bertz CT molecular complexity index is 712. The van der Waals surface area contributed by atoms with E-state index in [2.05, 4.69) is 29.3 Å².